The number of hydrogen-bond donors (Lipinski definition) is 0. The average molecular weight is 383 g/mol. The van der Waals surface area contributed by atoms with E-state index in [0.717, 1.165) is 10.9 Å². The molecule has 0 atom stereocenters. The molecule has 4 rings (SSSR count). The molecule has 0 saturated carbocycles. The Kier molecular flexibility index (Phi) is 4.22. The van der Waals surface area contributed by atoms with Crippen LogP contribution in [-0.4, -0.2) is 18.3 Å². The van der Waals surface area contributed by atoms with Gasteiger partial charge >= 0.3 is 12.7 Å². The van der Waals surface area contributed by atoms with Crippen LogP contribution in [-0.2, 0) is 9.31 Å². The van der Waals surface area contributed by atoms with Gasteiger partial charge in [0.15, 0.2) is 0 Å². The highest BCUT2D eigenvalue weighted by Crippen LogP contribution is 2.38. The van der Waals surface area contributed by atoms with Crippen LogP contribution in [0.5, 0.6) is 0 Å². The quantitative estimate of drug-likeness (QED) is 0.616. The van der Waals surface area contributed by atoms with E-state index in [2.05, 4.69) is 0 Å². The van der Waals surface area contributed by atoms with Gasteiger partial charge in [0.2, 0.25) is 0 Å². The van der Waals surface area contributed by atoms with Crippen molar-refractivity contribution in [3.63, 3.8) is 0 Å². The Morgan fingerprint density at radius 2 is 1.41 bits per heavy atom. The Morgan fingerprint density at radius 1 is 0.852 bits per heavy atom. The second-order valence-electron chi connectivity index (χ2n) is 7.77. The van der Waals surface area contributed by atoms with E-state index in [1.54, 1.807) is 18.2 Å². The molecule has 2 heterocycles. The van der Waals surface area contributed by atoms with Gasteiger partial charge in [-0.1, -0.05) is 29.8 Å². The molecule has 4 nitrogen and oxygen atoms in total. The molecule has 1 fully saturated rings. The van der Waals surface area contributed by atoms with Gasteiger partial charge in [-0.2, -0.15) is 0 Å². The first-order chi connectivity index (χ1) is 12.7. The Bertz CT molecular complexity index is 1050. The fourth-order valence-electron chi connectivity index (χ4n) is 3.23. The maximum absolute atomic E-state index is 12.6. The molecular formula is C21H20BClO4. The number of fused-ring (bicyclic) bond motifs is 1. The topological polar surface area (TPSA) is 48.7 Å². The molecule has 0 unspecified atom stereocenters. The summed E-state index contributed by atoms with van der Waals surface area (Å²) in [6.07, 6.45) is 0. The minimum atomic E-state index is -0.657. The van der Waals surface area contributed by atoms with Crippen LogP contribution in [0.25, 0.3) is 22.1 Å². The van der Waals surface area contributed by atoms with Crippen LogP contribution >= 0.6 is 11.6 Å². The first-order valence-electron chi connectivity index (χ1n) is 8.87. The number of benzene rings is 2. The Balaban J connectivity index is 2.00. The first kappa shape index (κ1) is 18.3. The van der Waals surface area contributed by atoms with Crippen molar-refractivity contribution in [2.24, 2.45) is 0 Å². The van der Waals surface area contributed by atoms with Gasteiger partial charge in [-0.15, -0.1) is 0 Å². The van der Waals surface area contributed by atoms with E-state index in [-0.39, 0.29) is 0 Å². The molecule has 1 aliphatic rings. The summed E-state index contributed by atoms with van der Waals surface area (Å²) in [6, 6.07) is 14.5. The lowest BCUT2D eigenvalue weighted by atomic mass is 9.74. The second kappa shape index (κ2) is 6.23. The molecule has 27 heavy (non-hydrogen) atoms. The van der Waals surface area contributed by atoms with Crippen LogP contribution in [0.15, 0.2) is 57.7 Å². The highest BCUT2D eigenvalue weighted by atomic mass is 35.5. The number of halogens is 1. The van der Waals surface area contributed by atoms with Crippen molar-refractivity contribution >= 4 is 35.0 Å². The van der Waals surface area contributed by atoms with Gasteiger partial charge < -0.3 is 13.7 Å². The average Bonchev–Trinajstić information content (AvgIpc) is 2.83. The summed E-state index contributed by atoms with van der Waals surface area (Å²) in [4.78, 5) is 12.6. The molecule has 1 saturated heterocycles. The minimum Gasteiger partial charge on any atom is -0.423 e. The third kappa shape index (κ3) is 3.00. The van der Waals surface area contributed by atoms with E-state index >= 15 is 0 Å². The lowest BCUT2D eigenvalue weighted by Crippen LogP contribution is -2.41. The van der Waals surface area contributed by atoms with Crippen molar-refractivity contribution in [2.75, 3.05) is 0 Å². The van der Waals surface area contributed by atoms with E-state index < -0.39 is 23.9 Å². The third-order valence-corrected chi connectivity index (χ3v) is 5.72. The van der Waals surface area contributed by atoms with Crippen molar-refractivity contribution in [1.29, 1.82) is 0 Å². The van der Waals surface area contributed by atoms with Crippen LogP contribution in [0, 0.1) is 0 Å². The number of hydrogen-bond acceptors (Lipinski definition) is 4. The third-order valence-electron chi connectivity index (χ3n) is 5.47. The summed E-state index contributed by atoms with van der Waals surface area (Å²) >= 11 is 6.03. The van der Waals surface area contributed by atoms with Crippen LogP contribution in [0.3, 0.4) is 0 Å². The summed E-state index contributed by atoms with van der Waals surface area (Å²) in [6.45, 7) is 7.99. The molecule has 1 aliphatic heterocycles. The largest absolute Gasteiger partial charge is 0.499 e. The summed E-state index contributed by atoms with van der Waals surface area (Å²) in [5.74, 6) is 0.439. The van der Waals surface area contributed by atoms with Crippen molar-refractivity contribution in [2.45, 2.75) is 38.9 Å². The van der Waals surface area contributed by atoms with Gasteiger partial charge in [0.05, 0.1) is 16.6 Å². The Hall–Kier alpha value is -2.08. The highest BCUT2D eigenvalue weighted by molar-refractivity contribution is 6.66. The molecule has 0 amide bonds. The van der Waals surface area contributed by atoms with E-state index in [0.29, 0.717) is 21.6 Å². The molecule has 6 heteroatoms. The van der Waals surface area contributed by atoms with Gasteiger partial charge in [0.25, 0.3) is 0 Å². The number of rotatable bonds is 2. The van der Waals surface area contributed by atoms with Crippen LogP contribution < -0.4 is 11.1 Å². The molecule has 0 spiro atoms. The molecule has 3 aromatic rings. The van der Waals surface area contributed by atoms with Gasteiger partial charge in [-0.05, 0) is 63.4 Å². The van der Waals surface area contributed by atoms with Gasteiger partial charge in [0, 0.05) is 16.0 Å². The van der Waals surface area contributed by atoms with E-state index in [4.69, 9.17) is 25.3 Å². The van der Waals surface area contributed by atoms with Gasteiger partial charge in [-0.25, -0.2) is 4.79 Å². The molecule has 2 aromatic carbocycles. The predicted octanol–water partition coefficient (Wildman–Crippen LogP) is 4.41. The first-order valence-corrected chi connectivity index (χ1v) is 9.25. The molecule has 1 aromatic heterocycles. The summed E-state index contributed by atoms with van der Waals surface area (Å²) in [5, 5.41) is 1.87. The maximum atomic E-state index is 12.6. The molecule has 0 N–H and O–H groups in total. The fourth-order valence-corrected chi connectivity index (χ4v) is 3.36. The molecule has 0 radical (unpaired) electrons. The smallest absolute Gasteiger partial charge is 0.423 e. The lowest BCUT2D eigenvalue weighted by molar-refractivity contribution is 0.00578. The summed E-state index contributed by atoms with van der Waals surface area (Å²) < 4.78 is 18.3. The maximum Gasteiger partial charge on any atom is 0.499 e. The van der Waals surface area contributed by atoms with E-state index in [1.807, 2.05) is 58.0 Å². The summed E-state index contributed by atoms with van der Waals surface area (Å²) in [7, 11) is -0.657. The zero-order chi connectivity index (χ0) is 19.4. The SMILES string of the molecule is CC1(C)OB(c2c(-c3ccc(Cl)cc3)oc(=O)c3ccccc23)OC1(C)C. The van der Waals surface area contributed by atoms with Crippen molar-refractivity contribution in [1.82, 2.24) is 0 Å². The fraction of sp³-hybridized carbons (Fsp3) is 0.286. The summed E-state index contributed by atoms with van der Waals surface area (Å²) in [5.41, 5.74) is 0.0483. The predicted molar refractivity (Wildman–Crippen MR) is 109 cm³/mol. The minimum absolute atomic E-state index is 0.393. The normalized spacial score (nSPS) is 18.2. The zero-order valence-electron chi connectivity index (χ0n) is 15.7. The van der Waals surface area contributed by atoms with Crippen LogP contribution in [0.2, 0.25) is 5.02 Å². The standard InChI is InChI=1S/C21H20BClO4/c1-20(2)21(3,4)27-22(26-20)17-15-7-5-6-8-16(15)19(24)25-18(17)13-9-11-14(23)12-10-13/h5-12H,1-4H3. The molecular weight excluding hydrogens is 362 g/mol. The van der Waals surface area contributed by atoms with Crippen molar-refractivity contribution in [3.05, 3.63) is 64.0 Å². The molecule has 0 aliphatic carbocycles. The lowest BCUT2D eigenvalue weighted by Gasteiger charge is -2.32. The van der Waals surface area contributed by atoms with Gasteiger partial charge in [-0.3, -0.25) is 0 Å². The highest BCUT2D eigenvalue weighted by Gasteiger charge is 2.53. The van der Waals surface area contributed by atoms with Gasteiger partial charge in [0.1, 0.15) is 5.76 Å². The van der Waals surface area contributed by atoms with Crippen LogP contribution in [0.4, 0.5) is 0 Å². The van der Waals surface area contributed by atoms with Crippen LogP contribution in [0.1, 0.15) is 27.7 Å². The Morgan fingerprint density at radius 3 is 2.00 bits per heavy atom. The monoisotopic (exact) mass is 382 g/mol. The van der Waals surface area contributed by atoms with E-state index in [9.17, 15) is 4.79 Å². The second-order valence-corrected chi connectivity index (χ2v) is 8.21. The van der Waals surface area contributed by atoms with Crippen molar-refractivity contribution in [3.8, 4) is 11.3 Å². The van der Waals surface area contributed by atoms with E-state index in [1.165, 1.54) is 0 Å². The molecule has 138 valence electrons. The van der Waals surface area contributed by atoms with Crippen molar-refractivity contribution < 1.29 is 13.7 Å². The Labute approximate surface area is 163 Å². The zero-order valence-corrected chi connectivity index (χ0v) is 16.5. The molecule has 0 bridgehead atoms.